The first-order chi connectivity index (χ1) is 8.37. The van der Waals surface area contributed by atoms with Crippen LogP contribution < -0.4 is 9.47 Å². The Morgan fingerprint density at radius 3 is 2.22 bits per heavy atom. The third-order valence-corrected chi connectivity index (χ3v) is 3.14. The average Bonchev–Trinajstić information content (AvgIpc) is 2.29. The van der Waals surface area contributed by atoms with Crippen molar-refractivity contribution in [2.24, 2.45) is 0 Å². The highest BCUT2D eigenvalue weighted by molar-refractivity contribution is 6.31. The van der Waals surface area contributed by atoms with Gasteiger partial charge >= 0.3 is 0 Å². The van der Waals surface area contributed by atoms with Gasteiger partial charge in [0, 0.05) is 11.1 Å². The summed E-state index contributed by atoms with van der Waals surface area (Å²) in [5.74, 6) is 1.31. The van der Waals surface area contributed by atoms with Crippen molar-refractivity contribution >= 4 is 11.6 Å². The molecule has 0 heterocycles. The lowest BCUT2D eigenvalue weighted by atomic mass is 9.99. The van der Waals surface area contributed by atoms with E-state index in [4.69, 9.17) is 21.1 Å². The van der Waals surface area contributed by atoms with Crippen molar-refractivity contribution in [1.29, 1.82) is 0 Å². The molecule has 0 saturated carbocycles. The van der Waals surface area contributed by atoms with E-state index in [0.29, 0.717) is 16.5 Å². The molecule has 0 fully saturated rings. The van der Waals surface area contributed by atoms with E-state index in [1.54, 1.807) is 20.3 Å². The van der Waals surface area contributed by atoms with Crippen molar-refractivity contribution in [2.45, 2.75) is 38.7 Å². The van der Waals surface area contributed by atoms with Gasteiger partial charge in [0.25, 0.3) is 0 Å². The maximum absolute atomic E-state index is 9.67. The second-order valence-electron chi connectivity index (χ2n) is 4.96. The van der Waals surface area contributed by atoms with Crippen molar-refractivity contribution in [2.75, 3.05) is 14.2 Å². The first-order valence-electron chi connectivity index (χ1n) is 6.00. The van der Waals surface area contributed by atoms with Gasteiger partial charge in [-0.3, -0.25) is 0 Å². The monoisotopic (exact) mass is 272 g/mol. The van der Waals surface area contributed by atoms with Gasteiger partial charge in [-0.1, -0.05) is 11.6 Å². The summed E-state index contributed by atoms with van der Waals surface area (Å²) in [6.07, 6.45) is 2.42. The van der Waals surface area contributed by atoms with Gasteiger partial charge in [-0.2, -0.15) is 0 Å². The van der Waals surface area contributed by atoms with Crippen molar-refractivity contribution in [1.82, 2.24) is 0 Å². The van der Waals surface area contributed by atoms with Crippen molar-refractivity contribution in [3.8, 4) is 11.5 Å². The summed E-state index contributed by atoms with van der Waals surface area (Å²) in [5.41, 5.74) is 0.377. The minimum atomic E-state index is -0.636. The minimum absolute atomic E-state index is 0.633. The molecular formula is C14H21ClO3. The van der Waals surface area contributed by atoms with Crippen LogP contribution in [-0.4, -0.2) is 24.9 Å². The fourth-order valence-electron chi connectivity index (χ4n) is 1.80. The molecule has 4 heteroatoms. The second-order valence-corrected chi connectivity index (χ2v) is 5.37. The molecule has 0 radical (unpaired) electrons. The predicted octanol–water partition coefficient (Wildman–Crippen LogP) is 3.45. The summed E-state index contributed by atoms with van der Waals surface area (Å²) >= 11 is 6.19. The number of rotatable bonds is 6. The number of benzene rings is 1. The fraction of sp³-hybridized carbons (Fsp3) is 0.571. The van der Waals surface area contributed by atoms with Crippen LogP contribution in [0, 0.1) is 0 Å². The fourth-order valence-corrected chi connectivity index (χ4v) is 2.05. The molecule has 1 aromatic rings. The van der Waals surface area contributed by atoms with Gasteiger partial charge in [0.2, 0.25) is 0 Å². The number of aliphatic hydroxyl groups is 1. The Hall–Kier alpha value is -0.930. The molecule has 0 aliphatic heterocycles. The maximum atomic E-state index is 9.67. The first-order valence-corrected chi connectivity index (χ1v) is 6.38. The second kappa shape index (κ2) is 6.30. The standard InChI is InChI=1S/C14H21ClO3/c1-14(2,16)7-5-6-10-8-12(17-3)13(18-4)9-11(10)15/h8-9,16H,5-7H2,1-4H3. The van der Waals surface area contributed by atoms with Crippen LogP contribution in [0.15, 0.2) is 12.1 Å². The molecule has 1 N–H and O–H groups in total. The Morgan fingerprint density at radius 1 is 1.17 bits per heavy atom. The zero-order valence-electron chi connectivity index (χ0n) is 11.4. The third kappa shape index (κ3) is 4.39. The number of hydrogen-bond donors (Lipinski definition) is 1. The Labute approximate surface area is 114 Å². The molecule has 1 aromatic carbocycles. The lowest BCUT2D eigenvalue weighted by Gasteiger charge is -2.17. The van der Waals surface area contributed by atoms with Crippen LogP contribution in [0.2, 0.25) is 5.02 Å². The van der Waals surface area contributed by atoms with E-state index in [2.05, 4.69) is 0 Å². The van der Waals surface area contributed by atoms with Gasteiger partial charge in [-0.05, 0) is 44.7 Å². The minimum Gasteiger partial charge on any atom is -0.493 e. The normalized spacial score (nSPS) is 11.4. The van der Waals surface area contributed by atoms with Gasteiger partial charge in [-0.15, -0.1) is 0 Å². The summed E-state index contributed by atoms with van der Waals surface area (Å²) in [7, 11) is 3.19. The molecule has 0 bridgehead atoms. The molecule has 0 aromatic heterocycles. The van der Waals surface area contributed by atoms with Gasteiger partial charge in [-0.25, -0.2) is 0 Å². The Kier molecular flexibility index (Phi) is 5.29. The molecule has 0 spiro atoms. The molecule has 0 saturated heterocycles. The van der Waals surface area contributed by atoms with E-state index in [9.17, 15) is 5.11 Å². The van der Waals surface area contributed by atoms with E-state index in [1.165, 1.54) is 0 Å². The van der Waals surface area contributed by atoms with Gasteiger partial charge < -0.3 is 14.6 Å². The van der Waals surface area contributed by atoms with E-state index in [1.807, 2.05) is 19.9 Å². The average molecular weight is 273 g/mol. The SMILES string of the molecule is COc1cc(Cl)c(CCCC(C)(C)O)cc1OC. The zero-order valence-corrected chi connectivity index (χ0v) is 12.2. The Balaban J connectivity index is 2.77. The van der Waals surface area contributed by atoms with Crippen LogP contribution in [0.25, 0.3) is 0 Å². The van der Waals surface area contributed by atoms with Crippen molar-refractivity contribution in [3.63, 3.8) is 0 Å². The van der Waals surface area contributed by atoms with Gasteiger partial charge in [0.15, 0.2) is 11.5 Å². The first kappa shape index (κ1) is 15.1. The highest BCUT2D eigenvalue weighted by Crippen LogP contribution is 2.33. The molecule has 0 atom stereocenters. The highest BCUT2D eigenvalue weighted by atomic mass is 35.5. The highest BCUT2D eigenvalue weighted by Gasteiger charge is 2.14. The summed E-state index contributed by atoms with van der Waals surface area (Å²) < 4.78 is 10.4. The van der Waals surface area contributed by atoms with E-state index < -0.39 is 5.60 Å². The van der Waals surface area contributed by atoms with Gasteiger partial charge in [0.05, 0.1) is 19.8 Å². The van der Waals surface area contributed by atoms with E-state index in [0.717, 1.165) is 24.8 Å². The van der Waals surface area contributed by atoms with Crippen molar-refractivity contribution in [3.05, 3.63) is 22.7 Å². The Bertz CT molecular complexity index is 397. The summed E-state index contributed by atoms with van der Waals surface area (Å²) in [6.45, 7) is 3.62. The molecule has 102 valence electrons. The topological polar surface area (TPSA) is 38.7 Å². The largest absolute Gasteiger partial charge is 0.493 e. The molecule has 18 heavy (non-hydrogen) atoms. The van der Waals surface area contributed by atoms with Crippen LogP contribution in [0.4, 0.5) is 0 Å². The summed E-state index contributed by atoms with van der Waals surface area (Å²) in [4.78, 5) is 0. The molecule has 0 amide bonds. The number of aryl methyl sites for hydroxylation is 1. The van der Waals surface area contributed by atoms with Crippen LogP contribution >= 0.6 is 11.6 Å². The molecule has 1 rings (SSSR count). The molecule has 3 nitrogen and oxygen atoms in total. The number of halogens is 1. The third-order valence-electron chi connectivity index (χ3n) is 2.79. The molecular weight excluding hydrogens is 252 g/mol. The van der Waals surface area contributed by atoms with Crippen LogP contribution in [0.3, 0.4) is 0 Å². The smallest absolute Gasteiger partial charge is 0.162 e. The van der Waals surface area contributed by atoms with Gasteiger partial charge in [0.1, 0.15) is 0 Å². The molecule has 0 aliphatic carbocycles. The van der Waals surface area contributed by atoms with E-state index >= 15 is 0 Å². The maximum Gasteiger partial charge on any atom is 0.162 e. The van der Waals surface area contributed by atoms with Crippen LogP contribution in [0.5, 0.6) is 11.5 Å². The predicted molar refractivity (Wildman–Crippen MR) is 73.8 cm³/mol. The van der Waals surface area contributed by atoms with Crippen LogP contribution in [-0.2, 0) is 6.42 Å². The van der Waals surface area contributed by atoms with Crippen LogP contribution in [0.1, 0.15) is 32.3 Å². The number of methoxy groups -OCH3 is 2. The lowest BCUT2D eigenvalue weighted by Crippen LogP contribution is -2.18. The zero-order chi connectivity index (χ0) is 13.8. The van der Waals surface area contributed by atoms with Crippen molar-refractivity contribution < 1.29 is 14.6 Å². The number of ether oxygens (including phenoxy) is 2. The summed E-state index contributed by atoms with van der Waals surface area (Å²) in [6, 6.07) is 3.66. The molecule has 0 unspecified atom stereocenters. The quantitative estimate of drug-likeness (QED) is 0.862. The lowest BCUT2D eigenvalue weighted by molar-refractivity contribution is 0.0689. The summed E-state index contributed by atoms with van der Waals surface area (Å²) in [5, 5.41) is 10.3. The van der Waals surface area contributed by atoms with E-state index in [-0.39, 0.29) is 0 Å². The number of hydrogen-bond acceptors (Lipinski definition) is 3. The molecule has 0 aliphatic rings. The Morgan fingerprint density at radius 2 is 1.72 bits per heavy atom.